The minimum Gasteiger partial charge on any atom is -0.493 e. The standard InChI is InChI=1S/C31H31BrO7/c1-3-35-29(33)18-22-9-5-7-11-27(22)37-14-13-25-17-24-15-21(16-26(32)31(24)39-25)20-38-28-12-8-6-10-23(28)19-30(34)36-4-2/h5-12,15-17H,3-4,13-14,18-20H2,1-2H3. The van der Waals surface area contributed by atoms with Crippen LogP contribution in [0.3, 0.4) is 0 Å². The summed E-state index contributed by atoms with van der Waals surface area (Å²) >= 11 is 3.62. The monoisotopic (exact) mass is 594 g/mol. The molecule has 1 aromatic heterocycles. The van der Waals surface area contributed by atoms with Gasteiger partial charge in [-0.05, 0) is 65.7 Å². The lowest BCUT2D eigenvalue weighted by Crippen LogP contribution is -2.09. The zero-order chi connectivity index (χ0) is 27.6. The van der Waals surface area contributed by atoms with E-state index >= 15 is 0 Å². The molecule has 0 bridgehead atoms. The van der Waals surface area contributed by atoms with Crippen molar-refractivity contribution in [2.45, 2.75) is 39.7 Å². The largest absolute Gasteiger partial charge is 0.493 e. The molecule has 1 heterocycles. The Hall–Kier alpha value is -3.78. The van der Waals surface area contributed by atoms with Crippen molar-refractivity contribution in [1.82, 2.24) is 0 Å². The van der Waals surface area contributed by atoms with Crippen LogP contribution in [-0.4, -0.2) is 31.8 Å². The van der Waals surface area contributed by atoms with Crippen LogP contribution in [0.25, 0.3) is 11.0 Å². The summed E-state index contributed by atoms with van der Waals surface area (Å²) in [4.78, 5) is 23.9. The van der Waals surface area contributed by atoms with Gasteiger partial charge in [-0.3, -0.25) is 9.59 Å². The fraction of sp³-hybridized carbons (Fsp3) is 0.290. The first-order chi connectivity index (χ1) is 19.0. The molecule has 0 unspecified atom stereocenters. The highest BCUT2D eigenvalue weighted by atomic mass is 79.9. The Morgan fingerprint density at radius 2 is 1.38 bits per heavy atom. The predicted octanol–water partition coefficient (Wildman–Crippen LogP) is 6.61. The molecule has 0 fully saturated rings. The summed E-state index contributed by atoms with van der Waals surface area (Å²) in [5, 5.41) is 0.945. The quantitative estimate of drug-likeness (QED) is 0.161. The van der Waals surface area contributed by atoms with Gasteiger partial charge in [-0.15, -0.1) is 0 Å². The van der Waals surface area contributed by atoms with E-state index in [0.29, 0.717) is 44.3 Å². The van der Waals surface area contributed by atoms with Gasteiger partial charge in [0, 0.05) is 22.9 Å². The van der Waals surface area contributed by atoms with E-state index in [1.54, 1.807) is 13.8 Å². The normalized spacial score (nSPS) is 10.8. The van der Waals surface area contributed by atoms with Gasteiger partial charge in [-0.1, -0.05) is 36.4 Å². The van der Waals surface area contributed by atoms with Crippen LogP contribution in [0.4, 0.5) is 0 Å². The smallest absolute Gasteiger partial charge is 0.310 e. The molecule has 4 aromatic rings. The molecule has 7 nitrogen and oxygen atoms in total. The topological polar surface area (TPSA) is 84.2 Å². The van der Waals surface area contributed by atoms with E-state index in [2.05, 4.69) is 15.9 Å². The SMILES string of the molecule is CCOC(=O)Cc1ccccc1OCCc1cc2cc(COc3ccccc3CC(=O)OCC)cc(Br)c2o1. The second kappa shape index (κ2) is 13.8. The van der Waals surface area contributed by atoms with Crippen LogP contribution in [0.1, 0.15) is 36.3 Å². The van der Waals surface area contributed by atoms with Crippen molar-refractivity contribution in [1.29, 1.82) is 0 Å². The van der Waals surface area contributed by atoms with Gasteiger partial charge in [0.2, 0.25) is 0 Å². The first kappa shape index (κ1) is 28.2. The van der Waals surface area contributed by atoms with Crippen LogP contribution < -0.4 is 9.47 Å². The second-order valence-electron chi connectivity index (χ2n) is 8.77. The van der Waals surface area contributed by atoms with Crippen LogP contribution in [0.15, 0.2) is 75.6 Å². The van der Waals surface area contributed by atoms with Crippen molar-refractivity contribution in [3.63, 3.8) is 0 Å². The number of halogens is 1. The van der Waals surface area contributed by atoms with Crippen molar-refractivity contribution in [2.75, 3.05) is 19.8 Å². The molecule has 0 saturated carbocycles. The number of ether oxygens (including phenoxy) is 4. The molecule has 0 aliphatic rings. The number of benzene rings is 3. The summed E-state index contributed by atoms with van der Waals surface area (Å²) in [6.45, 7) is 4.99. The Bertz CT molecular complexity index is 1430. The predicted molar refractivity (Wildman–Crippen MR) is 151 cm³/mol. The maximum Gasteiger partial charge on any atom is 0.310 e. The van der Waals surface area contributed by atoms with Crippen molar-refractivity contribution >= 4 is 38.8 Å². The van der Waals surface area contributed by atoms with E-state index < -0.39 is 0 Å². The number of fused-ring (bicyclic) bond motifs is 1. The molecule has 0 saturated heterocycles. The minimum absolute atomic E-state index is 0.160. The van der Waals surface area contributed by atoms with Gasteiger partial charge < -0.3 is 23.4 Å². The molecule has 0 aliphatic heterocycles. The molecule has 0 amide bonds. The average molecular weight is 595 g/mol. The highest BCUT2D eigenvalue weighted by molar-refractivity contribution is 9.10. The Morgan fingerprint density at radius 3 is 2.00 bits per heavy atom. The van der Waals surface area contributed by atoms with Crippen LogP contribution >= 0.6 is 15.9 Å². The zero-order valence-electron chi connectivity index (χ0n) is 22.0. The Labute approximate surface area is 236 Å². The highest BCUT2D eigenvalue weighted by Gasteiger charge is 2.14. The van der Waals surface area contributed by atoms with E-state index in [1.807, 2.05) is 66.7 Å². The molecule has 0 N–H and O–H groups in total. The van der Waals surface area contributed by atoms with Crippen molar-refractivity contribution in [2.24, 2.45) is 0 Å². The average Bonchev–Trinajstić information content (AvgIpc) is 3.33. The minimum atomic E-state index is -0.282. The van der Waals surface area contributed by atoms with Gasteiger partial charge >= 0.3 is 11.9 Å². The third-order valence-electron chi connectivity index (χ3n) is 5.91. The Kier molecular flexibility index (Phi) is 10.0. The lowest BCUT2D eigenvalue weighted by Gasteiger charge is -2.11. The molecule has 8 heteroatoms. The van der Waals surface area contributed by atoms with E-state index in [1.165, 1.54) is 0 Å². The molecule has 0 radical (unpaired) electrons. The summed E-state index contributed by atoms with van der Waals surface area (Å²) in [6, 6.07) is 20.9. The highest BCUT2D eigenvalue weighted by Crippen LogP contribution is 2.30. The molecule has 0 spiro atoms. The number of carbonyl (C=O) groups excluding carboxylic acids is 2. The van der Waals surface area contributed by atoms with Gasteiger partial charge in [0.15, 0.2) is 0 Å². The molecule has 4 rings (SSSR count). The fourth-order valence-electron chi connectivity index (χ4n) is 4.17. The molecule has 0 atom stereocenters. The van der Waals surface area contributed by atoms with E-state index in [9.17, 15) is 9.59 Å². The molecular formula is C31H31BrO7. The van der Waals surface area contributed by atoms with Crippen LogP contribution in [0.5, 0.6) is 11.5 Å². The molecule has 39 heavy (non-hydrogen) atoms. The van der Waals surface area contributed by atoms with Crippen molar-refractivity contribution in [3.05, 3.63) is 93.7 Å². The lowest BCUT2D eigenvalue weighted by atomic mass is 10.1. The van der Waals surface area contributed by atoms with Gasteiger partial charge in [0.05, 0.1) is 37.1 Å². The maximum absolute atomic E-state index is 11.9. The second-order valence-corrected chi connectivity index (χ2v) is 9.63. The third-order valence-corrected chi connectivity index (χ3v) is 6.50. The number of rotatable bonds is 13. The third kappa shape index (κ3) is 7.86. The van der Waals surface area contributed by atoms with Gasteiger partial charge in [-0.25, -0.2) is 0 Å². The lowest BCUT2D eigenvalue weighted by molar-refractivity contribution is -0.143. The zero-order valence-corrected chi connectivity index (χ0v) is 23.6. The maximum atomic E-state index is 11.9. The first-order valence-electron chi connectivity index (χ1n) is 12.9. The van der Waals surface area contributed by atoms with Crippen molar-refractivity contribution < 1.29 is 33.0 Å². The Morgan fingerprint density at radius 1 is 0.795 bits per heavy atom. The summed E-state index contributed by atoms with van der Waals surface area (Å²) in [7, 11) is 0. The van der Waals surface area contributed by atoms with Crippen LogP contribution in [-0.2, 0) is 44.9 Å². The first-order valence-corrected chi connectivity index (χ1v) is 13.7. The molecule has 204 valence electrons. The number of esters is 2. The Balaban J connectivity index is 1.39. The number of furan rings is 1. The van der Waals surface area contributed by atoms with Crippen molar-refractivity contribution in [3.8, 4) is 11.5 Å². The number of para-hydroxylation sites is 2. The number of carbonyl (C=O) groups is 2. The van der Waals surface area contributed by atoms with Gasteiger partial charge in [-0.2, -0.15) is 0 Å². The van der Waals surface area contributed by atoms with Gasteiger partial charge in [0.1, 0.15) is 29.4 Å². The fourth-order valence-corrected chi connectivity index (χ4v) is 4.77. The molecule has 0 aliphatic carbocycles. The number of hydrogen-bond donors (Lipinski definition) is 0. The summed E-state index contributed by atoms with van der Waals surface area (Å²) in [6.07, 6.45) is 0.884. The number of hydrogen-bond acceptors (Lipinski definition) is 7. The summed E-state index contributed by atoms with van der Waals surface area (Å²) in [5.74, 6) is 1.53. The molecule has 3 aromatic carbocycles. The van der Waals surface area contributed by atoms with E-state index in [4.69, 9.17) is 23.4 Å². The van der Waals surface area contributed by atoms with Gasteiger partial charge in [0.25, 0.3) is 0 Å². The van der Waals surface area contributed by atoms with Crippen LogP contribution in [0, 0.1) is 0 Å². The molecular weight excluding hydrogens is 564 g/mol. The van der Waals surface area contributed by atoms with E-state index in [-0.39, 0.29) is 24.8 Å². The van der Waals surface area contributed by atoms with Crippen LogP contribution in [0.2, 0.25) is 0 Å². The summed E-state index contributed by atoms with van der Waals surface area (Å²) < 4.78 is 29.1. The van der Waals surface area contributed by atoms with E-state index in [0.717, 1.165) is 37.9 Å². The summed E-state index contributed by atoms with van der Waals surface area (Å²) in [5.41, 5.74) is 3.28.